The van der Waals surface area contributed by atoms with E-state index in [4.69, 9.17) is 4.74 Å². The number of benzene rings is 4. The van der Waals surface area contributed by atoms with Crippen LogP contribution in [0.15, 0.2) is 109 Å². The number of nitrogens with one attached hydrogen (secondary N) is 1. The maximum Gasteiger partial charge on any atom is 0.326 e. The summed E-state index contributed by atoms with van der Waals surface area (Å²) in [6, 6.07) is 31.7. The molecule has 0 unspecified atom stereocenters. The Kier molecular flexibility index (Phi) is 10.3. The number of ether oxygens (including phenoxy) is 1. The van der Waals surface area contributed by atoms with Gasteiger partial charge in [-0.2, -0.15) is 0 Å². The second-order valence-corrected chi connectivity index (χ2v) is 9.60. The third-order valence-electron chi connectivity index (χ3n) is 6.62. The molecular formula is C34H34N2O5. The van der Waals surface area contributed by atoms with Crippen molar-refractivity contribution in [2.75, 3.05) is 23.4 Å². The number of carboxylic acids is 1. The molecule has 0 aliphatic heterocycles. The van der Waals surface area contributed by atoms with Gasteiger partial charge in [0, 0.05) is 35.3 Å². The van der Waals surface area contributed by atoms with E-state index in [-0.39, 0.29) is 18.1 Å². The fraction of sp³-hybridized carbons (Fsp3) is 0.206. The van der Waals surface area contributed by atoms with E-state index in [1.165, 1.54) is 0 Å². The first-order chi connectivity index (χ1) is 20.0. The smallest absolute Gasteiger partial charge is 0.326 e. The third-order valence-corrected chi connectivity index (χ3v) is 6.62. The number of hydrogen-bond acceptors (Lipinski definition) is 5. The van der Waals surface area contributed by atoms with Crippen LogP contribution in [0.5, 0.6) is 5.75 Å². The van der Waals surface area contributed by atoms with Gasteiger partial charge in [0.1, 0.15) is 18.4 Å². The number of carbonyl (C=O) groups excluding carboxylic acids is 2. The van der Waals surface area contributed by atoms with Gasteiger partial charge in [0.2, 0.25) is 5.91 Å². The van der Waals surface area contributed by atoms with E-state index >= 15 is 0 Å². The maximum atomic E-state index is 13.1. The molecule has 0 heterocycles. The molecule has 41 heavy (non-hydrogen) atoms. The number of hydrogen-bond donors (Lipinski definition) is 2. The SMILES string of the molecule is CCCC(=O)N(CCOc1ccc(C[C@H](Nc2ccccc2C(=O)c2ccccc2)C(=O)O)cc1)c1ccccc1. The molecule has 0 spiro atoms. The van der Waals surface area contributed by atoms with Crippen molar-refractivity contribution in [3.63, 3.8) is 0 Å². The average molecular weight is 551 g/mol. The molecule has 4 aromatic carbocycles. The standard InChI is InChI=1S/C34H34N2O5/c1-2-11-32(37)36(27-14-7-4-8-15-27)22-23-41-28-20-18-25(19-21-28)24-31(34(39)40)35-30-17-10-9-16-29(30)33(38)26-12-5-3-6-13-26/h3-10,12-21,31,35H,2,11,22-24H2,1H3,(H,39,40)/t31-/m0/s1. The van der Waals surface area contributed by atoms with Crippen LogP contribution in [-0.2, 0) is 16.0 Å². The Morgan fingerprint density at radius 2 is 1.46 bits per heavy atom. The Bertz CT molecular complexity index is 1440. The van der Waals surface area contributed by atoms with Crippen molar-refractivity contribution in [1.29, 1.82) is 0 Å². The molecule has 0 saturated carbocycles. The molecule has 210 valence electrons. The number of anilines is 2. The van der Waals surface area contributed by atoms with Crippen molar-refractivity contribution in [3.05, 3.63) is 126 Å². The van der Waals surface area contributed by atoms with Crippen molar-refractivity contribution in [1.82, 2.24) is 0 Å². The van der Waals surface area contributed by atoms with Crippen molar-refractivity contribution >= 4 is 29.0 Å². The molecule has 2 N–H and O–H groups in total. The van der Waals surface area contributed by atoms with Gasteiger partial charge in [0.15, 0.2) is 5.78 Å². The number of carbonyl (C=O) groups is 3. The minimum atomic E-state index is -1.02. The van der Waals surface area contributed by atoms with Crippen LogP contribution < -0.4 is 15.0 Å². The van der Waals surface area contributed by atoms with Crippen LogP contribution in [0.4, 0.5) is 11.4 Å². The summed E-state index contributed by atoms with van der Waals surface area (Å²) in [7, 11) is 0. The monoisotopic (exact) mass is 550 g/mol. The minimum Gasteiger partial charge on any atom is -0.492 e. The topological polar surface area (TPSA) is 95.9 Å². The first kappa shape index (κ1) is 29.1. The Morgan fingerprint density at radius 1 is 0.829 bits per heavy atom. The summed E-state index contributed by atoms with van der Waals surface area (Å²) in [6.45, 7) is 2.71. The summed E-state index contributed by atoms with van der Waals surface area (Å²) < 4.78 is 5.91. The van der Waals surface area contributed by atoms with Gasteiger partial charge in [-0.05, 0) is 48.4 Å². The molecule has 0 aliphatic carbocycles. The lowest BCUT2D eigenvalue weighted by atomic mass is 10.00. The first-order valence-corrected chi connectivity index (χ1v) is 13.7. The summed E-state index contributed by atoms with van der Waals surface area (Å²) >= 11 is 0. The Hall–Kier alpha value is -4.91. The maximum absolute atomic E-state index is 13.1. The number of rotatable bonds is 14. The molecule has 0 fully saturated rings. The predicted octanol–water partition coefficient (Wildman–Crippen LogP) is 6.24. The van der Waals surface area contributed by atoms with Gasteiger partial charge >= 0.3 is 5.97 Å². The number of nitrogens with zero attached hydrogens (tertiary/aromatic N) is 1. The van der Waals surface area contributed by atoms with E-state index in [0.717, 1.165) is 17.7 Å². The molecule has 7 heteroatoms. The van der Waals surface area contributed by atoms with E-state index in [2.05, 4.69) is 5.32 Å². The van der Waals surface area contributed by atoms with Gasteiger partial charge in [-0.25, -0.2) is 4.79 Å². The van der Waals surface area contributed by atoms with Crippen LogP contribution in [0.1, 0.15) is 41.3 Å². The zero-order valence-electron chi connectivity index (χ0n) is 23.0. The Morgan fingerprint density at radius 3 is 2.12 bits per heavy atom. The van der Waals surface area contributed by atoms with Crippen LogP contribution >= 0.6 is 0 Å². The number of carboxylic acid groups (broad SMARTS) is 1. The summed E-state index contributed by atoms with van der Waals surface area (Å²) in [5.41, 5.74) is 3.05. The molecule has 0 bridgehead atoms. The van der Waals surface area contributed by atoms with Crippen molar-refractivity contribution in [2.45, 2.75) is 32.2 Å². The average Bonchev–Trinajstić information content (AvgIpc) is 3.00. The van der Waals surface area contributed by atoms with Crippen molar-refractivity contribution < 1.29 is 24.2 Å². The molecule has 0 aliphatic rings. The fourth-order valence-electron chi connectivity index (χ4n) is 4.51. The van der Waals surface area contributed by atoms with Crippen molar-refractivity contribution in [3.8, 4) is 5.75 Å². The first-order valence-electron chi connectivity index (χ1n) is 13.7. The molecule has 4 aromatic rings. The van der Waals surface area contributed by atoms with Gasteiger partial charge in [0.05, 0.1) is 6.54 Å². The highest BCUT2D eigenvalue weighted by atomic mass is 16.5. The van der Waals surface area contributed by atoms with Gasteiger partial charge in [-0.3, -0.25) is 9.59 Å². The lowest BCUT2D eigenvalue weighted by Crippen LogP contribution is -2.34. The normalized spacial score (nSPS) is 11.3. The summed E-state index contributed by atoms with van der Waals surface area (Å²) in [5, 5.41) is 13.0. The lowest BCUT2D eigenvalue weighted by molar-refractivity contribution is -0.137. The zero-order chi connectivity index (χ0) is 29.0. The lowest BCUT2D eigenvalue weighted by Gasteiger charge is -2.23. The summed E-state index contributed by atoms with van der Waals surface area (Å²) in [6.07, 6.45) is 1.44. The fourth-order valence-corrected chi connectivity index (χ4v) is 4.51. The van der Waals surface area contributed by atoms with Crippen LogP contribution in [0.25, 0.3) is 0 Å². The quantitative estimate of drug-likeness (QED) is 0.181. The highest BCUT2D eigenvalue weighted by Crippen LogP contribution is 2.22. The number of para-hydroxylation sites is 2. The highest BCUT2D eigenvalue weighted by Gasteiger charge is 2.21. The van der Waals surface area contributed by atoms with Crippen LogP contribution in [0.2, 0.25) is 0 Å². The number of ketones is 1. The van der Waals surface area contributed by atoms with Crippen LogP contribution in [-0.4, -0.2) is 42.0 Å². The van der Waals surface area contributed by atoms with Gasteiger partial charge < -0.3 is 20.1 Å². The predicted molar refractivity (Wildman–Crippen MR) is 161 cm³/mol. The molecule has 4 rings (SSSR count). The Labute approximate surface area is 240 Å². The molecule has 7 nitrogen and oxygen atoms in total. The van der Waals surface area contributed by atoms with E-state index < -0.39 is 12.0 Å². The summed E-state index contributed by atoms with van der Waals surface area (Å²) in [5.74, 6) is -0.521. The second kappa shape index (κ2) is 14.5. The molecular weight excluding hydrogens is 516 g/mol. The van der Waals surface area contributed by atoms with E-state index in [1.54, 1.807) is 65.6 Å². The highest BCUT2D eigenvalue weighted by molar-refractivity contribution is 6.12. The van der Waals surface area contributed by atoms with E-state index in [0.29, 0.717) is 42.1 Å². The summed E-state index contributed by atoms with van der Waals surface area (Å²) in [4.78, 5) is 39.6. The van der Waals surface area contributed by atoms with Gasteiger partial charge in [0.25, 0.3) is 0 Å². The molecule has 1 amide bonds. The van der Waals surface area contributed by atoms with Crippen LogP contribution in [0.3, 0.4) is 0 Å². The molecule has 0 radical (unpaired) electrons. The van der Waals surface area contributed by atoms with Gasteiger partial charge in [-0.1, -0.05) is 79.7 Å². The van der Waals surface area contributed by atoms with Crippen LogP contribution in [0, 0.1) is 0 Å². The Balaban J connectivity index is 1.38. The molecule has 0 aromatic heterocycles. The minimum absolute atomic E-state index is 0.0527. The van der Waals surface area contributed by atoms with Crippen molar-refractivity contribution in [2.24, 2.45) is 0 Å². The number of aliphatic carboxylic acids is 1. The second-order valence-electron chi connectivity index (χ2n) is 9.60. The third kappa shape index (κ3) is 8.05. The van der Waals surface area contributed by atoms with Gasteiger partial charge in [-0.15, -0.1) is 0 Å². The van der Waals surface area contributed by atoms with E-state index in [1.807, 2.05) is 55.5 Å². The number of amides is 1. The zero-order valence-corrected chi connectivity index (χ0v) is 23.0. The van der Waals surface area contributed by atoms with E-state index in [9.17, 15) is 19.5 Å². The molecule has 0 saturated heterocycles. The largest absolute Gasteiger partial charge is 0.492 e. The molecule has 1 atom stereocenters.